The number of carbonyl (C=O) groups excluding carboxylic acids is 1. The van der Waals surface area contributed by atoms with Crippen LogP contribution in [-0.2, 0) is 4.74 Å². The topological polar surface area (TPSA) is 79.5 Å². The Bertz CT molecular complexity index is 1040. The third kappa shape index (κ3) is 5.38. The average Bonchev–Trinajstić information content (AvgIpc) is 3.22. The Morgan fingerprint density at radius 3 is 2.94 bits per heavy atom. The Balaban J connectivity index is 1.30. The van der Waals surface area contributed by atoms with E-state index in [1.165, 1.54) is 0 Å². The highest BCUT2D eigenvalue weighted by atomic mass is 35.5. The molecule has 1 aliphatic heterocycles. The molecule has 7 nitrogen and oxygen atoms in total. The number of fused-ring (bicyclic) bond motifs is 1. The lowest BCUT2D eigenvalue weighted by atomic mass is 10.0. The second-order valence-electron chi connectivity index (χ2n) is 7.70. The third-order valence-electron chi connectivity index (χ3n) is 5.68. The molecule has 0 bridgehead atoms. The number of ether oxygens (including phenoxy) is 2. The maximum absolute atomic E-state index is 12.9. The first-order valence-corrected chi connectivity index (χ1v) is 11.9. The fourth-order valence-electron chi connectivity index (χ4n) is 3.96. The van der Waals surface area contributed by atoms with Crippen LogP contribution >= 0.6 is 23.4 Å². The van der Waals surface area contributed by atoms with Gasteiger partial charge in [-0.05, 0) is 36.8 Å². The summed E-state index contributed by atoms with van der Waals surface area (Å²) in [4.78, 5) is 23.2. The summed E-state index contributed by atoms with van der Waals surface area (Å²) in [6.07, 6.45) is 0.719. The van der Waals surface area contributed by atoms with Crippen LogP contribution < -0.4 is 10.1 Å². The van der Waals surface area contributed by atoms with Crippen LogP contribution in [-0.4, -0.2) is 72.5 Å². The summed E-state index contributed by atoms with van der Waals surface area (Å²) in [5, 5.41) is 4.54. The number of carbonyl (C=O) groups is 1. The van der Waals surface area contributed by atoms with Gasteiger partial charge in [-0.2, -0.15) is 0 Å². The van der Waals surface area contributed by atoms with Crippen molar-refractivity contribution in [2.75, 3.05) is 39.6 Å². The summed E-state index contributed by atoms with van der Waals surface area (Å²) < 4.78 is 11.0. The Morgan fingerprint density at radius 1 is 1.31 bits per heavy atom. The number of benzene rings is 2. The molecule has 2 unspecified atom stereocenters. The van der Waals surface area contributed by atoms with Gasteiger partial charge >= 0.3 is 0 Å². The lowest BCUT2D eigenvalue weighted by Gasteiger charge is -2.38. The number of aromatic amines is 1. The number of nitrogens with zero attached hydrogens (tertiary/aromatic N) is 2. The summed E-state index contributed by atoms with van der Waals surface area (Å²) >= 11 is 7.79. The fourth-order valence-corrected chi connectivity index (χ4v) is 5.02. The standard InChI is InChI=1S/C23H27ClN4O3S/c1-30-20-8-7-15(24)13-16(20)22(29)25-19-9-10-28(14-21(19)31-2)11-12-32-23-26-17-5-3-4-6-18(17)27-23/h3-8,13,19,21H,9-12,14H2,1-2H3,(H,25,29)(H,26,27). The van der Waals surface area contributed by atoms with Gasteiger partial charge < -0.3 is 19.8 Å². The van der Waals surface area contributed by atoms with Crippen molar-refractivity contribution in [3.63, 3.8) is 0 Å². The number of piperidine rings is 1. The van der Waals surface area contributed by atoms with Crippen LogP contribution in [0.5, 0.6) is 5.75 Å². The number of rotatable bonds is 8. The number of aromatic nitrogens is 2. The molecular weight excluding hydrogens is 448 g/mol. The zero-order valence-corrected chi connectivity index (χ0v) is 19.7. The van der Waals surface area contributed by atoms with E-state index in [0.29, 0.717) is 16.3 Å². The average molecular weight is 475 g/mol. The zero-order chi connectivity index (χ0) is 22.5. The van der Waals surface area contributed by atoms with Crippen molar-refractivity contribution in [3.8, 4) is 5.75 Å². The van der Waals surface area contributed by atoms with Gasteiger partial charge in [-0.3, -0.25) is 9.69 Å². The van der Waals surface area contributed by atoms with Crippen molar-refractivity contribution < 1.29 is 14.3 Å². The van der Waals surface area contributed by atoms with Crippen molar-refractivity contribution in [2.45, 2.75) is 23.7 Å². The third-order valence-corrected chi connectivity index (χ3v) is 6.77. The van der Waals surface area contributed by atoms with E-state index in [4.69, 9.17) is 21.1 Å². The number of thioether (sulfide) groups is 1. The van der Waals surface area contributed by atoms with Crippen molar-refractivity contribution in [1.29, 1.82) is 0 Å². The summed E-state index contributed by atoms with van der Waals surface area (Å²) in [7, 11) is 3.23. The van der Waals surface area contributed by atoms with Crippen LogP contribution in [0.15, 0.2) is 47.6 Å². The molecule has 0 aliphatic carbocycles. The number of amides is 1. The van der Waals surface area contributed by atoms with Crippen LogP contribution in [0, 0.1) is 0 Å². The maximum atomic E-state index is 12.9. The quantitative estimate of drug-likeness (QED) is 0.483. The first-order valence-electron chi connectivity index (χ1n) is 10.5. The molecule has 2 N–H and O–H groups in total. The number of hydrogen-bond donors (Lipinski definition) is 2. The molecule has 1 aromatic heterocycles. The van der Waals surface area contributed by atoms with Gasteiger partial charge in [0.2, 0.25) is 0 Å². The minimum atomic E-state index is -0.203. The van der Waals surface area contributed by atoms with E-state index < -0.39 is 0 Å². The number of para-hydroxylation sites is 2. The summed E-state index contributed by atoms with van der Waals surface area (Å²) in [6.45, 7) is 2.57. The Labute approximate surface area is 196 Å². The second kappa shape index (κ2) is 10.6. The summed E-state index contributed by atoms with van der Waals surface area (Å²) in [5.74, 6) is 1.22. The van der Waals surface area contributed by atoms with E-state index in [-0.39, 0.29) is 18.1 Å². The molecule has 2 atom stereocenters. The van der Waals surface area contributed by atoms with Gasteiger partial charge in [-0.1, -0.05) is 35.5 Å². The van der Waals surface area contributed by atoms with Crippen LogP contribution in [0.1, 0.15) is 16.8 Å². The lowest BCUT2D eigenvalue weighted by molar-refractivity contribution is 0.00833. The molecule has 170 valence electrons. The van der Waals surface area contributed by atoms with E-state index in [2.05, 4.69) is 20.2 Å². The highest BCUT2D eigenvalue weighted by molar-refractivity contribution is 7.99. The summed E-state index contributed by atoms with van der Waals surface area (Å²) in [6, 6.07) is 13.0. The van der Waals surface area contributed by atoms with Gasteiger partial charge in [-0.25, -0.2) is 4.98 Å². The monoisotopic (exact) mass is 474 g/mol. The zero-order valence-electron chi connectivity index (χ0n) is 18.1. The lowest BCUT2D eigenvalue weighted by Crippen LogP contribution is -2.55. The second-order valence-corrected chi connectivity index (χ2v) is 9.22. The van der Waals surface area contributed by atoms with Crippen molar-refractivity contribution in [3.05, 3.63) is 53.1 Å². The number of methoxy groups -OCH3 is 2. The highest BCUT2D eigenvalue weighted by Gasteiger charge is 2.31. The van der Waals surface area contributed by atoms with Crippen LogP contribution in [0.4, 0.5) is 0 Å². The normalized spacial score (nSPS) is 19.2. The van der Waals surface area contributed by atoms with E-state index in [1.54, 1.807) is 44.2 Å². The predicted octanol–water partition coefficient (Wildman–Crippen LogP) is 3.84. The molecule has 1 fully saturated rings. The molecule has 0 spiro atoms. The van der Waals surface area contributed by atoms with Crippen molar-refractivity contribution >= 4 is 40.3 Å². The molecule has 1 saturated heterocycles. The van der Waals surface area contributed by atoms with Crippen molar-refractivity contribution in [1.82, 2.24) is 20.2 Å². The smallest absolute Gasteiger partial charge is 0.255 e. The molecule has 1 amide bonds. The maximum Gasteiger partial charge on any atom is 0.255 e. The number of likely N-dealkylation sites (tertiary alicyclic amines) is 1. The van der Waals surface area contributed by atoms with E-state index in [9.17, 15) is 4.79 Å². The molecule has 0 radical (unpaired) electrons. The van der Waals surface area contributed by atoms with Crippen LogP contribution in [0.2, 0.25) is 5.02 Å². The SMILES string of the molecule is COc1ccc(Cl)cc1C(=O)NC1CCN(CCSc2nc3ccccc3[nH]2)CC1OC. The molecule has 4 rings (SSSR count). The minimum Gasteiger partial charge on any atom is -0.496 e. The molecule has 2 heterocycles. The van der Waals surface area contributed by atoms with Gasteiger partial charge in [0.05, 0.1) is 35.9 Å². The molecule has 0 saturated carbocycles. The largest absolute Gasteiger partial charge is 0.496 e. The van der Waals surface area contributed by atoms with Gasteiger partial charge in [0.15, 0.2) is 5.16 Å². The number of nitrogens with one attached hydrogen (secondary N) is 2. The Hall–Kier alpha value is -2.26. The van der Waals surface area contributed by atoms with Gasteiger partial charge in [0.25, 0.3) is 5.91 Å². The Morgan fingerprint density at radius 2 is 2.16 bits per heavy atom. The Kier molecular flexibility index (Phi) is 7.57. The molecule has 1 aliphatic rings. The number of imidazole rings is 1. The highest BCUT2D eigenvalue weighted by Crippen LogP contribution is 2.24. The van der Waals surface area contributed by atoms with E-state index in [1.807, 2.05) is 24.3 Å². The fraction of sp³-hybridized carbons (Fsp3) is 0.391. The van der Waals surface area contributed by atoms with Gasteiger partial charge in [-0.15, -0.1) is 0 Å². The molecule has 3 aromatic rings. The van der Waals surface area contributed by atoms with E-state index >= 15 is 0 Å². The first-order chi connectivity index (χ1) is 15.6. The van der Waals surface area contributed by atoms with Gasteiger partial charge in [0, 0.05) is 37.5 Å². The number of halogens is 1. The number of H-pyrrole nitrogens is 1. The summed E-state index contributed by atoms with van der Waals surface area (Å²) in [5.41, 5.74) is 2.48. The van der Waals surface area contributed by atoms with E-state index in [0.717, 1.165) is 48.0 Å². The molecule has 2 aromatic carbocycles. The van der Waals surface area contributed by atoms with Crippen LogP contribution in [0.25, 0.3) is 11.0 Å². The number of hydrogen-bond acceptors (Lipinski definition) is 6. The first kappa shape index (κ1) is 22.9. The van der Waals surface area contributed by atoms with Crippen molar-refractivity contribution in [2.24, 2.45) is 0 Å². The van der Waals surface area contributed by atoms with Crippen LogP contribution in [0.3, 0.4) is 0 Å². The predicted molar refractivity (Wildman–Crippen MR) is 128 cm³/mol. The van der Waals surface area contributed by atoms with Gasteiger partial charge in [0.1, 0.15) is 5.75 Å². The molecular formula is C23H27ClN4O3S. The minimum absolute atomic E-state index is 0.0736. The molecule has 9 heteroatoms. The molecule has 32 heavy (non-hydrogen) atoms.